The Bertz CT molecular complexity index is 2400. The van der Waals surface area contributed by atoms with E-state index in [1.807, 2.05) is 58.9 Å². The Morgan fingerprint density at radius 2 is 1.13 bits per heavy atom. The summed E-state index contributed by atoms with van der Waals surface area (Å²) in [5.41, 5.74) is 11.4. The van der Waals surface area contributed by atoms with Crippen molar-refractivity contribution in [3.05, 3.63) is 157 Å². The Morgan fingerprint density at radius 3 is 1.62 bits per heavy atom. The van der Waals surface area contributed by atoms with Crippen LogP contribution >= 0.6 is 34.8 Å². The number of hydrogen-bond donors (Lipinski definition) is 0. The van der Waals surface area contributed by atoms with Crippen molar-refractivity contribution < 1.29 is 13.5 Å². The molecule has 3 aliphatic rings. The molecule has 0 unspecified atom stereocenters. The molecule has 5 heterocycles. The second-order valence-corrected chi connectivity index (χ2v) is 15.7. The molecule has 0 radical (unpaired) electrons. The van der Waals surface area contributed by atoms with E-state index in [2.05, 4.69) is 29.0 Å². The number of benzene rings is 4. The summed E-state index contributed by atoms with van der Waals surface area (Å²) in [4.78, 5) is 4.37. The highest BCUT2D eigenvalue weighted by molar-refractivity contribution is 6.34. The fourth-order valence-electron chi connectivity index (χ4n) is 7.75. The number of fused-ring (bicyclic) bond motifs is 2. The van der Waals surface area contributed by atoms with Crippen molar-refractivity contribution in [1.29, 1.82) is 0 Å². The van der Waals surface area contributed by atoms with Crippen molar-refractivity contribution in [3.8, 4) is 22.5 Å². The average molecular weight is 800 g/mol. The lowest BCUT2D eigenvalue weighted by atomic mass is 9.99. The summed E-state index contributed by atoms with van der Waals surface area (Å²) in [5.74, 6) is -0.472. The molecule has 7 nitrogen and oxygen atoms in total. The molecule has 0 spiro atoms. The lowest BCUT2D eigenvalue weighted by Crippen LogP contribution is -2.13. The minimum atomic E-state index is -0.245. The number of halogens is 5. The third-order valence-electron chi connectivity index (χ3n) is 10.1. The van der Waals surface area contributed by atoms with Crippen molar-refractivity contribution in [2.45, 2.75) is 45.7 Å². The lowest BCUT2D eigenvalue weighted by Gasteiger charge is -2.16. The van der Waals surface area contributed by atoms with Gasteiger partial charge in [-0.2, -0.15) is 10.2 Å². The second-order valence-electron chi connectivity index (χ2n) is 14.3. The molecule has 0 fully saturated rings. The first-order chi connectivity index (χ1) is 26.6. The summed E-state index contributed by atoms with van der Waals surface area (Å²) < 4.78 is 38.4. The van der Waals surface area contributed by atoms with E-state index in [4.69, 9.17) is 49.7 Å². The topological polar surface area (TPSA) is 51.4 Å². The van der Waals surface area contributed by atoms with E-state index in [-0.39, 0.29) is 11.6 Å². The maximum atomic E-state index is 14.7. The quantitative estimate of drug-likeness (QED) is 0.161. The number of nitrogens with zero attached hydrogens (tertiary/aromatic N) is 6. The van der Waals surface area contributed by atoms with Crippen LogP contribution in [0.5, 0.6) is 0 Å². The molecule has 0 N–H and O–H groups in total. The number of rotatable bonds is 7. The lowest BCUT2D eigenvalue weighted by molar-refractivity contribution is 0.161. The van der Waals surface area contributed by atoms with Crippen LogP contribution in [0.2, 0.25) is 15.1 Å². The van der Waals surface area contributed by atoms with Gasteiger partial charge in [0.15, 0.2) is 0 Å². The van der Waals surface area contributed by atoms with Crippen molar-refractivity contribution >= 4 is 40.4 Å². The predicted octanol–water partition coefficient (Wildman–Crippen LogP) is 10.1. The van der Waals surface area contributed by atoms with Gasteiger partial charge in [0.2, 0.25) is 0 Å². The first-order valence-electron chi connectivity index (χ1n) is 18.1. The van der Waals surface area contributed by atoms with Crippen LogP contribution in [0.15, 0.2) is 91.0 Å². The first-order valence-corrected chi connectivity index (χ1v) is 19.3. The molecular weight excluding hydrogens is 761 g/mol. The third-order valence-corrected chi connectivity index (χ3v) is 10.8. The van der Waals surface area contributed by atoms with Crippen LogP contribution in [-0.2, 0) is 44.0 Å². The molecule has 3 aliphatic heterocycles. The van der Waals surface area contributed by atoms with Crippen LogP contribution < -0.4 is 0 Å². The molecule has 0 saturated heterocycles. The number of ether oxygens (including phenoxy) is 1. The Kier molecular flexibility index (Phi) is 10.9. The largest absolute Gasteiger partial charge is 0.377 e. The van der Waals surface area contributed by atoms with Gasteiger partial charge < -0.3 is 4.74 Å². The molecule has 0 aliphatic carbocycles. The van der Waals surface area contributed by atoms with E-state index in [9.17, 15) is 8.78 Å². The van der Waals surface area contributed by atoms with E-state index in [0.717, 1.165) is 89.8 Å². The van der Waals surface area contributed by atoms with Gasteiger partial charge in [-0.15, -0.1) is 0 Å². The van der Waals surface area contributed by atoms with Crippen molar-refractivity contribution in [2.24, 2.45) is 0 Å². The van der Waals surface area contributed by atoms with Crippen molar-refractivity contribution in [3.63, 3.8) is 0 Å². The maximum absolute atomic E-state index is 14.7. The molecule has 12 heteroatoms. The summed E-state index contributed by atoms with van der Waals surface area (Å²) in [6, 6.07) is 25.3. The molecule has 0 atom stereocenters. The molecule has 282 valence electrons. The SMILES string of the molecule is CN1Cc2nn(Cc3cc(Cl)cc(C4=CCOCC4)c3)c(-c3ccccc3F)c2C1.CN1Cc2nn(Cc3cc(Cl)cc(Cl)c3)c(-c3ccccc3F)c2C1. The van der Waals surface area contributed by atoms with Gasteiger partial charge in [-0.1, -0.05) is 65.1 Å². The molecule has 0 amide bonds. The van der Waals surface area contributed by atoms with Crippen LogP contribution in [-0.4, -0.2) is 56.7 Å². The van der Waals surface area contributed by atoms with Crippen LogP contribution in [0.3, 0.4) is 0 Å². The first kappa shape index (κ1) is 37.6. The number of aromatic nitrogens is 4. The summed E-state index contributed by atoms with van der Waals surface area (Å²) >= 11 is 18.7. The predicted molar refractivity (Wildman–Crippen MR) is 215 cm³/mol. The molecule has 4 aromatic carbocycles. The zero-order valence-electron chi connectivity index (χ0n) is 30.5. The Hall–Kier alpha value is -4.35. The molecule has 2 aromatic heterocycles. The minimum absolute atomic E-state index is 0.227. The van der Waals surface area contributed by atoms with Crippen molar-refractivity contribution in [2.75, 3.05) is 27.3 Å². The molecule has 9 rings (SSSR count). The zero-order chi connectivity index (χ0) is 38.2. The van der Waals surface area contributed by atoms with Gasteiger partial charge in [0, 0.05) is 63.5 Å². The third kappa shape index (κ3) is 8.14. The van der Waals surface area contributed by atoms with Crippen LogP contribution in [0.25, 0.3) is 28.1 Å². The van der Waals surface area contributed by atoms with Crippen LogP contribution in [0.4, 0.5) is 8.78 Å². The van der Waals surface area contributed by atoms with Crippen LogP contribution in [0.1, 0.15) is 45.6 Å². The van der Waals surface area contributed by atoms with Crippen LogP contribution in [0, 0.1) is 11.6 Å². The smallest absolute Gasteiger partial charge is 0.132 e. The summed E-state index contributed by atoms with van der Waals surface area (Å²) in [5, 5.41) is 11.4. The molecule has 6 aromatic rings. The Morgan fingerprint density at radius 1 is 0.636 bits per heavy atom. The summed E-state index contributed by atoms with van der Waals surface area (Å²) in [6.45, 7) is 5.45. The second kappa shape index (κ2) is 16.0. The molecule has 0 saturated carbocycles. The molecule has 55 heavy (non-hydrogen) atoms. The van der Waals surface area contributed by atoms with E-state index in [0.29, 0.717) is 45.9 Å². The number of hydrogen-bond acceptors (Lipinski definition) is 5. The normalized spacial score (nSPS) is 15.4. The zero-order valence-corrected chi connectivity index (χ0v) is 32.8. The van der Waals surface area contributed by atoms with Crippen molar-refractivity contribution in [1.82, 2.24) is 29.4 Å². The summed E-state index contributed by atoms with van der Waals surface area (Å²) in [7, 11) is 4.09. The van der Waals surface area contributed by atoms with Gasteiger partial charge in [0.05, 0.1) is 49.1 Å². The van der Waals surface area contributed by atoms with E-state index in [1.54, 1.807) is 24.3 Å². The Balaban J connectivity index is 0.000000158. The van der Waals surface area contributed by atoms with Gasteiger partial charge in [0.1, 0.15) is 11.6 Å². The highest BCUT2D eigenvalue weighted by Gasteiger charge is 2.29. The Labute approximate surface area is 334 Å². The minimum Gasteiger partial charge on any atom is -0.377 e. The van der Waals surface area contributed by atoms with Gasteiger partial charge in [0.25, 0.3) is 0 Å². The fraction of sp³-hybridized carbons (Fsp3) is 0.256. The van der Waals surface area contributed by atoms with Gasteiger partial charge in [-0.05, 0) is 103 Å². The fourth-order valence-corrected chi connectivity index (χ4v) is 8.58. The average Bonchev–Trinajstić information content (AvgIpc) is 3.87. The van der Waals surface area contributed by atoms with Gasteiger partial charge >= 0.3 is 0 Å². The highest BCUT2D eigenvalue weighted by Crippen LogP contribution is 2.36. The van der Waals surface area contributed by atoms with Gasteiger partial charge in [-0.3, -0.25) is 19.2 Å². The highest BCUT2D eigenvalue weighted by atomic mass is 35.5. The van der Waals surface area contributed by atoms with Gasteiger partial charge in [-0.25, -0.2) is 8.78 Å². The standard InChI is InChI=1S/C24H23ClFN3O.C19H16Cl2FN3/c1-28-14-21-23(15-28)27-29(24(21)20-4-2-3-5-22(20)26)13-16-10-18(12-19(25)11-16)17-6-8-30-9-7-17;1-24-10-16-18(11-24)23-25(9-12-6-13(20)8-14(21)7-12)19(16)15-4-2-3-5-17(15)22/h2-6,10-12H,7-9,13-15H2,1H3;2-8H,9-11H2,1H3. The summed E-state index contributed by atoms with van der Waals surface area (Å²) in [6.07, 6.45) is 2.99. The molecular formula is C43H39Cl3F2N6O. The van der Waals surface area contributed by atoms with E-state index in [1.165, 1.54) is 17.7 Å². The van der Waals surface area contributed by atoms with E-state index >= 15 is 0 Å². The monoisotopic (exact) mass is 798 g/mol. The van der Waals surface area contributed by atoms with E-state index < -0.39 is 0 Å². The molecule has 0 bridgehead atoms. The maximum Gasteiger partial charge on any atom is 0.132 e.